The number of thiol groups is 1. The van der Waals surface area contributed by atoms with Gasteiger partial charge in [-0.1, -0.05) is 11.6 Å². The van der Waals surface area contributed by atoms with Crippen LogP contribution in [-0.2, 0) is 11.2 Å². The highest BCUT2D eigenvalue weighted by atomic mass is 35.5. The first kappa shape index (κ1) is 10.9. The van der Waals surface area contributed by atoms with E-state index in [9.17, 15) is 4.79 Å². The molecule has 0 fully saturated rings. The van der Waals surface area contributed by atoms with Gasteiger partial charge in [-0.15, -0.1) is 11.3 Å². The van der Waals surface area contributed by atoms with Crippen LogP contribution in [0.5, 0.6) is 0 Å². The number of thiophene rings is 1. The van der Waals surface area contributed by atoms with Crippen LogP contribution in [0.25, 0.3) is 0 Å². The summed E-state index contributed by atoms with van der Waals surface area (Å²) in [5.74, 6) is 0.205. The van der Waals surface area contributed by atoms with Crippen LogP contribution < -0.4 is 5.32 Å². The molecule has 1 aromatic heterocycles. The zero-order valence-electron chi connectivity index (χ0n) is 6.92. The van der Waals surface area contributed by atoms with Gasteiger partial charge < -0.3 is 5.32 Å². The average molecular weight is 236 g/mol. The van der Waals surface area contributed by atoms with Gasteiger partial charge in [-0.05, 0) is 18.6 Å². The summed E-state index contributed by atoms with van der Waals surface area (Å²) in [6.07, 6.45) is 0.830. The van der Waals surface area contributed by atoms with E-state index in [2.05, 4.69) is 17.9 Å². The summed E-state index contributed by atoms with van der Waals surface area (Å²) < 4.78 is 0.788. The van der Waals surface area contributed by atoms with Crippen LogP contribution in [-0.4, -0.2) is 18.2 Å². The Morgan fingerprint density at radius 2 is 2.38 bits per heavy atom. The van der Waals surface area contributed by atoms with Crippen molar-refractivity contribution in [2.75, 3.05) is 12.3 Å². The topological polar surface area (TPSA) is 29.1 Å². The molecule has 72 valence electrons. The van der Waals surface area contributed by atoms with E-state index in [1.54, 1.807) is 11.3 Å². The SMILES string of the molecule is O=C(CS)NCCc1ccc(Cl)s1. The standard InChI is InChI=1S/C8H10ClNOS2/c9-7-2-1-6(13-7)3-4-10-8(11)5-12/h1-2,12H,3-5H2,(H,10,11). The van der Waals surface area contributed by atoms with Crippen molar-refractivity contribution in [1.82, 2.24) is 5.32 Å². The third-order valence-electron chi connectivity index (χ3n) is 1.47. The smallest absolute Gasteiger partial charge is 0.229 e. The summed E-state index contributed by atoms with van der Waals surface area (Å²) in [7, 11) is 0. The zero-order valence-corrected chi connectivity index (χ0v) is 9.38. The molecule has 0 bridgehead atoms. The normalized spacial score (nSPS) is 10.0. The maximum Gasteiger partial charge on any atom is 0.229 e. The largest absolute Gasteiger partial charge is 0.355 e. The minimum absolute atomic E-state index is 0.0361. The van der Waals surface area contributed by atoms with E-state index in [1.807, 2.05) is 12.1 Å². The third-order valence-corrected chi connectivity index (χ3v) is 3.04. The van der Waals surface area contributed by atoms with E-state index in [-0.39, 0.29) is 11.7 Å². The van der Waals surface area contributed by atoms with E-state index in [1.165, 1.54) is 4.88 Å². The molecule has 0 saturated carbocycles. The van der Waals surface area contributed by atoms with Gasteiger partial charge in [0.15, 0.2) is 0 Å². The van der Waals surface area contributed by atoms with E-state index in [0.717, 1.165) is 10.8 Å². The molecule has 1 heterocycles. The molecule has 0 aliphatic carbocycles. The first-order valence-electron chi connectivity index (χ1n) is 3.84. The van der Waals surface area contributed by atoms with E-state index in [0.29, 0.717) is 6.54 Å². The minimum atomic E-state index is -0.0361. The Labute approximate surface area is 91.7 Å². The van der Waals surface area contributed by atoms with Crippen LogP contribution in [0, 0.1) is 0 Å². The molecule has 1 rings (SSSR count). The molecule has 0 atom stereocenters. The average Bonchev–Trinajstić information content (AvgIpc) is 2.51. The summed E-state index contributed by atoms with van der Waals surface area (Å²) in [6.45, 7) is 0.649. The molecule has 0 saturated heterocycles. The van der Waals surface area contributed by atoms with Crippen molar-refractivity contribution in [2.45, 2.75) is 6.42 Å². The Bertz CT molecular complexity index is 287. The molecular formula is C8H10ClNOS2. The van der Waals surface area contributed by atoms with Crippen molar-refractivity contribution in [2.24, 2.45) is 0 Å². The molecule has 0 aromatic carbocycles. The first-order chi connectivity index (χ1) is 6.22. The molecule has 0 unspecified atom stereocenters. The monoisotopic (exact) mass is 235 g/mol. The van der Waals surface area contributed by atoms with Gasteiger partial charge in [-0.3, -0.25) is 4.79 Å². The van der Waals surface area contributed by atoms with E-state index < -0.39 is 0 Å². The molecule has 0 aliphatic heterocycles. The van der Waals surface area contributed by atoms with Crippen LogP contribution in [0.2, 0.25) is 4.34 Å². The first-order valence-corrected chi connectivity index (χ1v) is 5.67. The molecule has 5 heteroatoms. The fraction of sp³-hybridized carbons (Fsp3) is 0.375. The fourth-order valence-electron chi connectivity index (χ4n) is 0.867. The fourth-order valence-corrected chi connectivity index (χ4v) is 2.07. The maximum absolute atomic E-state index is 10.8. The molecule has 0 radical (unpaired) electrons. The second kappa shape index (κ2) is 5.52. The molecule has 13 heavy (non-hydrogen) atoms. The molecule has 1 amide bonds. The maximum atomic E-state index is 10.8. The van der Waals surface area contributed by atoms with Crippen molar-refractivity contribution < 1.29 is 4.79 Å². The van der Waals surface area contributed by atoms with Crippen LogP contribution in [0.15, 0.2) is 12.1 Å². The van der Waals surface area contributed by atoms with Gasteiger partial charge in [0.25, 0.3) is 0 Å². The predicted molar refractivity (Wildman–Crippen MR) is 59.9 cm³/mol. The van der Waals surface area contributed by atoms with Crippen molar-refractivity contribution in [3.8, 4) is 0 Å². The highest BCUT2D eigenvalue weighted by Gasteiger charge is 1.99. The number of hydrogen-bond donors (Lipinski definition) is 2. The van der Waals surface area contributed by atoms with E-state index >= 15 is 0 Å². The number of nitrogens with one attached hydrogen (secondary N) is 1. The van der Waals surface area contributed by atoms with Gasteiger partial charge in [0, 0.05) is 11.4 Å². The number of amides is 1. The molecule has 0 spiro atoms. The summed E-state index contributed by atoms with van der Waals surface area (Å²) in [5.41, 5.74) is 0. The van der Waals surface area contributed by atoms with Crippen molar-refractivity contribution in [3.63, 3.8) is 0 Å². The lowest BCUT2D eigenvalue weighted by atomic mass is 10.3. The highest BCUT2D eigenvalue weighted by molar-refractivity contribution is 7.81. The Morgan fingerprint density at radius 3 is 2.92 bits per heavy atom. The van der Waals surface area contributed by atoms with Gasteiger partial charge in [-0.25, -0.2) is 0 Å². The van der Waals surface area contributed by atoms with Gasteiger partial charge in [0.1, 0.15) is 0 Å². The third kappa shape index (κ3) is 4.02. The van der Waals surface area contributed by atoms with Gasteiger partial charge >= 0.3 is 0 Å². The number of halogens is 1. The Kier molecular flexibility index (Phi) is 4.62. The number of hydrogen-bond acceptors (Lipinski definition) is 3. The summed E-state index contributed by atoms with van der Waals surface area (Å²) in [4.78, 5) is 12.0. The molecule has 1 N–H and O–H groups in total. The van der Waals surface area contributed by atoms with Crippen LogP contribution in [0.3, 0.4) is 0 Å². The quantitative estimate of drug-likeness (QED) is 0.768. The van der Waals surface area contributed by atoms with Crippen LogP contribution in [0.4, 0.5) is 0 Å². The van der Waals surface area contributed by atoms with Crippen molar-refractivity contribution in [1.29, 1.82) is 0 Å². The summed E-state index contributed by atoms with van der Waals surface area (Å²) in [6, 6.07) is 3.84. The van der Waals surface area contributed by atoms with Gasteiger partial charge in [0.05, 0.1) is 10.1 Å². The predicted octanol–water partition coefficient (Wildman–Crippen LogP) is 1.99. The number of carbonyl (C=O) groups is 1. The van der Waals surface area contributed by atoms with Gasteiger partial charge in [-0.2, -0.15) is 12.6 Å². The highest BCUT2D eigenvalue weighted by Crippen LogP contribution is 2.21. The molecule has 1 aromatic rings. The van der Waals surface area contributed by atoms with Crippen LogP contribution in [0.1, 0.15) is 4.88 Å². The summed E-state index contributed by atoms with van der Waals surface area (Å²) in [5, 5.41) is 2.74. The Hall–Kier alpha value is -0.190. The van der Waals surface area contributed by atoms with Crippen LogP contribution >= 0.6 is 35.6 Å². The lowest BCUT2D eigenvalue weighted by molar-refractivity contribution is -0.118. The number of rotatable bonds is 4. The Morgan fingerprint density at radius 1 is 1.62 bits per heavy atom. The van der Waals surface area contributed by atoms with E-state index in [4.69, 9.17) is 11.6 Å². The van der Waals surface area contributed by atoms with Crippen molar-refractivity contribution in [3.05, 3.63) is 21.3 Å². The van der Waals surface area contributed by atoms with Crippen molar-refractivity contribution >= 4 is 41.5 Å². The molecule has 0 aliphatic rings. The molecular weight excluding hydrogens is 226 g/mol. The van der Waals surface area contributed by atoms with Gasteiger partial charge in [0.2, 0.25) is 5.91 Å². The summed E-state index contributed by atoms with van der Waals surface area (Å²) >= 11 is 11.1. The Balaban J connectivity index is 2.24. The lowest BCUT2D eigenvalue weighted by Crippen LogP contribution is -2.26. The second-order valence-electron chi connectivity index (χ2n) is 2.46. The molecule has 2 nitrogen and oxygen atoms in total. The lowest BCUT2D eigenvalue weighted by Gasteiger charge is -2.00. The minimum Gasteiger partial charge on any atom is -0.355 e. The second-order valence-corrected chi connectivity index (χ2v) is 4.58. The zero-order chi connectivity index (χ0) is 9.68. The number of carbonyl (C=O) groups excluding carboxylic acids is 1.